The molecule has 1 aromatic rings. The third-order valence-corrected chi connectivity index (χ3v) is 3.75. The monoisotopic (exact) mass is 275 g/mol. The molecule has 0 saturated heterocycles. The lowest BCUT2D eigenvalue weighted by molar-refractivity contribution is 0.405. The van der Waals surface area contributed by atoms with Crippen molar-refractivity contribution >= 4 is 9.84 Å². The van der Waals surface area contributed by atoms with E-state index >= 15 is 0 Å². The van der Waals surface area contributed by atoms with E-state index in [0.717, 1.165) is 19.1 Å². The first-order valence-electron chi connectivity index (χ1n) is 5.66. The molecule has 0 bridgehead atoms. The van der Waals surface area contributed by atoms with Crippen molar-refractivity contribution in [1.29, 1.82) is 0 Å². The number of aryl methyl sites for hydroxylation is 1. The van der Waals surface area contributed by atoms with Crippen LogP contribution in [0.3, 0.4) is 0 Å². The SMILES string of the molecule is COc1cc(S(C)(=O)=O)c(F)cc1CCCCN. The highest BCUT2D eigenvalue weighted by atomic mass is 32.2. The predicted octanol–water partition coefficient (Wildman–Crippen LogP) is 1.52. The normalized spacial score (nSPS) is 11.6. The topological polar surface area (TPSA) is 69.4 Å². The molecule has 18 heavy (non-hydrogen) atoms. The van der Waals surface area contributed by atoms with Crippen LogP contribution in [0.1, 0.15) is 18.4 Å². The summed E-state index contributed by atoms with van der Waals surface area (Å²) in [7, 11) is -2.15. The van der Waals surface area contributed by atoms with Crippen molar-refractivity contribution in [2.75, 3.05) is 19.9 Å². The largest absolute Gasteiger partial charge is 0.496 e. The van der Waals surface area contributed by atoms with E-state index in [1.807, 2.05) is 0 Å². The molecule has 0 atom stereocenters. The van der Waals surface area contributed by atoms with Crippen molar-refractivity contribution in [2.45, 2.75) is 24.2 Å². The Morgan fingerprint density at radius 2 is 2.00 bits per heavy atom. The Balaban J connectivity index is 3.11. The molecular formula is C12H18FNO3S. The Bertz CT molecular complexity index is 514. The first-order valence-corrected chi connectivity index (χ1v) is 7.55. The van der Waals surface area contributed by atoms with E-state index < -0.39 is 15.7 Å². The molecule has 1 rings (SSSR count). The van der Waals surface area contributed by atoms with Gasteiger partial charge in [0, 0.05) is 12.3 Å². The van der Waals surface area contributed by atoms with Gasteiger partial charge in [0.15, 0.2) is 9.84 Å². The van der Waals surface area contributed by atoms with Crippen LogP contribution in [-0.4, -0.2) is 28.3 Å². The van der Waals surface area contributed by atoms with E-state index in [0.29, 0.717) is 24.3 Å². The molecule has 1 aromatic carbocycles. The third kappa shape index (κ3) is 3.68. The molecular weight excluding hydrogens is 257 g/mol. The number of unbranched alkanes of at least 4 members (excludes halogenated alkanes) is 1. The van der Waals surface area contributed by atoms with Gasteiger partial charge in [-0.05, 0) is 37.4 Å². The maximum Gasteiger partial charge on any atom is 0.178 e. The fraction of sp³-hybridized carbons (Fsp3) is 0.500. The summed E-state index contributed by atoms with van der Waals surface area (Å²) in [5.74, 6) is -0.338. The first-order chi connectivity index (χ1) is 8.40. The van der Waals surface area contributed by atoms with E-state index in [-0.39, 0.29) is 4.90 Å². The quantitative estimate of drug-likeness (QED) is 0.799. The van der Waals surface area contributed by atoms with Crippen LogP contribution in [0.4, 0.5) is 4.39 Å². The summed E-state index contributed by atoms with van der Waals surface area (Å²) in [6, 6.07) is 2.47. The number of rotatable bonds is 6. The first kappa shape index (κ1) is 14.9. The van der Waals surface area contributed by atoms with Crippen molar-refractivity contribution in [3.8, 4) is 5.75 Å². The summed E-state index contributed by atoms with van der Waals surface area (Å²) in [6.07, 6.45) is 3.23. The van der Waals surface area contributed by atoms with Crippen molar-refractivity contribution in [3.05, 3.63) is 23.5 Å². The van der Waals surface area contributed by atoms with Crippen molar-refractivity contribution in [2.24, 2.45) is 5.73 Å². The number of nitrogens with two attached hydrogens (primary N) is 1. The molecule has 0 aliphatic carbocycles. The second-order valence-electron chi connectivity index (χ2n) is 4.11. The molecule has 0 fully saturated rings. The van der Waals surface area contributed by atoms with Gasteiger partial charge in [-0.25, -0.2) is 12.8 Å². The second kappa shape index (κ2) is 6.15. The van der Waals surface area contributed by atoms with Gasteiger partial charge in [0.25, 0.3) is 0 Å². The molecule has 0 saturated carbocycles. The van der Waals surface area contributed by atoms with Crippen molar-refractivity contribution in [1.82, 2.24) is 0 Å². The van der Waals surface area contributed by atoms with Gasteiger partial charge < -0.3 is 10.5 Å². The molecule has 2 N–H and O–H groups in total. The van der Waals surface area contributed by atoms with Crippen LogP contribution in [0, 0.1) is 5.82 Å². The van der Waals surface area contributed by atoms with E-state index in [9.17, 15) is 12.8 Å². The second-order valence-corrected chi connectivity index (χ2v) is 6.10. The van der Waals surface area contributed by atoms with Crippen LogP contribution in [0.25, 0.3) is 0 Å². The molecule has 0 aliphatic heterocycles. The molecule has 0 spiro atoms. The lowest BCUT2D eigenvalue weighted by Gasteiger charge is -2.11. The highest BCUT2D eigenvalue weighted by molar-refractivity contribution is 7.90. The Labute approximate surface area is 107 Å². The average Bonchev–Trinajstić information content (AvgIpc) is 2.28. The minimum Gasteiger partial charge on any atom is -0.496 e. The lowest BCUT2D eigenvalue weighted by atomic mass is 10.1. The van der Waals surface area contributed by atoms with E-state index in [1.54, 1.807) is 0 Å². The van der Waals surface area contributed by atoms with Gasteiger partial charge in [-0.3, -0.25) is 0 Å². The summed E-state index contributed by atoms with van der Waals surface area (Å²) >= 11 is 0. The maximum absolute atomic E-state index is 13.7. The molecule has 0 heterocycles. The molecule has 0 radical (unpaired) electrons. The summed E-state index contributed by atoms with van der Waals surface area (Å²) in [5, 5.41) is 0. The van der Waals surface area contributed by atoms with Crippen LogP contribution in [-0.2, 0) is 16.3 Å². The Hall–Kier alpha value is -1.14. The van der Waals surface area contributed by atoms with E-state index in [2.05, 4.69) is 0 Å². The fourth-order valence-electron chi connectivity index (χ4n) is 1.71. The number of methoxy groups -OCH3 is 1. The Kier molecular flexibility index (Phi) is 5.10. The molecule has 102 valence electrons. The molecule has 0 amide bonds. The zero-order chi connectivity index (χ0) is 13.8. The van der Waals surface area contributed by atoms with Crippen LogP contribution < -0.4 is 10.5 Å². The van der Waals surface area contributed by atoms with Crippen LogP contribution >= 0.6 is 0 Å². The maximum atomic E-state index is 13.7. The Morgan fingerprint density at radius 1 is 1.33 bits per heavy atom. The zero-order valence-electron chi connectivity index (χ0n) is 10.6. The fourth-order valence-corrected chi connectivity index (χ4v) is 2.44. The summed E-state index contributed by atoms with van der Waals surface area (Å²) in [5.41, 5.74) is 6.05. The number of benzene rings is 1. The van der Waals surface area contributed by atoms with Crippen molar-refractivity contribution < 1.29 is 17.5 Å². The summed E-state index contributed by atoms with van der Waals surface area (Å²) in [6.45, 7) is 0.576. The van der Waals surface area contributed by atoms with Gasteiger partial charge in [-0.2, -0.15) is 0 Å². The minimum atomic E-state index is -3.58. The van der Waals surface area contributed by atoms with E-state index in [1.165, 1.54) is 19.2 Å². The highest BCUT2D eigenvalue weighted by Crippen LogP contribution is 2.27. The van der Waals surface area contributed by atoms with Gasteiger partial charge in [-0.1, -0.05) is 0 Å². The van der Waals surface area contributed by atoms with Gasteiger partial charge in [0.1, 0.15) is 16.5 Å². The summed E-state index contributed by atoms with van der Waals surface area (Å²) < 4.78 is 41.6. The van der Waals surface area contributed by atoms with Crippen molar-refractivity contribution in [3.63, 3.8) is 0 Å². The van der Waals surface area contributed by atoms with Gasteiger partial charge >= 0.3 is 0 Å². The standard InChI is InChI=1S/C12H18FNO3S/c1-17-11-8-12(18(2,15)16)10(13)7-9(11)5-3-4-6-14/h7-8H,3-6,14H2,1-2H3. The molecule has 0 aromatic heterocycles. The molecule has 6 heteroatoms. The Morgan fingerprint density at radius 3 is 2.50 bits per heavy atom. The smallest absolute Gasteiger partial charge is 0.178 e. The molecule has 0 unspecified atom stereocenters. The van der Waals surface area contributed by atoms with Gasteiger partial charge in [-0.15, -0.1) is 0 Å². The average molecular weight is 275 g/mol. The highest BCUT2D eigenvalue weighted by Gasteiger charge is 2.17. The van der Waals surface area contributed by atoms with E-state index in [4.69, 9.17) is 10.5 Å². The van der Waals surface area contributed by atoms with Gasteiger partial charge in [0.2, 0.25) is 0 Å². The lowest BCUT2D eigenvalue weighted by Crippen LogP contribution is -2.05. The number of sulfone groups is 1. The van der Waals surface area contributed by atoms with Crippen LogP contribution in [0.2, 0.25) is 0 Å². The molecule has 4 nitrogen and oxygen atoms in total. The van der Waals surface area contributed by atoms with Crippen LogP contribution in [0.15, 0.2) is 17.0 Å². The van der Waals surface area contributed by atoms with Crippen LogP contribution in [0.5, 0.6) is 5.75 Å². The van der Waals surface area contributed by atoms with Gasteiger partial charge in [0.05, 0.1) is 7.11 Å². The number of hydrogen-bond donors (Lipinski definition) is 1. The number of halogens is 1. The zero-order valence-corrected chi connectivity index (χ0v) is 11.4. The summed E-state index contributed by atoms with van der Waals surface area (Å²) in [4.78, 5) is -0.332. The third-order valence-electron chi connectivity index (χ3n) is 2.63. The number of hydrogen-bond acceptors (Lipinski definition) is 4. The molecule has 0 aliphatic rings. The minimum absolute atomic E-state index is 0.332. The number of ether oxygens (including phenoxy) is 1. The predicted molar refractivity (Wildman–Crippen MR) is 68.1 cm³/mol.